The van der Waals surface area contributed by atoms with Gasteiger partial charge in [-0.1, -0.05) is 71.9 Å². The first kappa shape index (κ1) is 21.2. The van der Waals surface area contributed by atoms with E-state index in [0.29, 0.717) is 16.6 Å². The number of rotatable bonds is 7. The fourth-order valence-corrected chi connectivity index (χ4v) is 4.17. The van der Waals surface area contributed by atoms with E-state index in [1.54, 1.807) is 11.9 Å². The number of hydrogen-bond donors (Lipinski definition) is 0. The number of benzene rings is 3. The lowest BCUT2D eigenvalue weighted by Gasteiger charge is -2.17. The number of nitrogens with zero attached hydrogens (tertiary/aromatic N) is 4. The first-order valence-corrected chi connectivity index (χ1v) is 11.2. The number of carbonyl (C=O) groups excluding carboxylic acids is 1. The van der Waals surface area contributed by atoms with Gasteiger partial charge in [0.05, 0.1) is 5.75 Å². The molecule has 0 spiro atoms. The van der Waals surface area contributed by atoms with Crippen LogP contribution in [0.3, 0.4) is 0 Å². The number of halogens is 1. The molecule has 3 aromatic carbocycles. The van der Waals surface area contributed by atoms with Crippen LogP contribution < -0.4 is 4.90 Å². The summed E-state index contributed by atoms with van der Waals surface area (Å²) < 4.78 is 1.99. The molecule has 0 aliphatic heterocycles. The summed E-state index contributed by atoms with van der Waals surface area (Å²) in [5.74, 6) is 1.05. The molecule has 1 aromatic heterocycles. The van der Waals surface area contributed by atoms with Crippen molar-refractivity contribution in [3.8, 4) is 5.69 Å². The molecular formula is C24H21ClN4OS. The molecule has 0 saturated carbocycles. The molecule has 1 amide bonds. The SMILES string of the molecule is CN(C(=O)CSc1nnc(Cc2ccccc2)n1-c1ccc(Cl)cc1)c1ccccc1. The van der Waals surface area contributed by atoms with Crippen LogP contribution in [0.5, 0.6) is 0 Å². The van der Waals surface area contributed by atoms with E-state index in [-0.39, 0.29) is 11.7 Å². The molecule has 1 heterocycles. The third-order valence-electron chi connectivity index (χ3n) is 4.83. The molecule has 0 bridgehead atoms. The molecule has 0 saturated heterocycles. The van der Waals surface area contributed by atoms with Crippen molar-refractivity contribution in [1.82, 2.24) is 14.8 Å². The molecule has 31 heavy (non-hydrogen) atoms. The summed E-state index contributed by atoms with van der Waals surface area (Å²) in [4.78, 5) is 14.4. The van der Waals surface area contributed by atoms with E-state index in [2.05, 4.69) is 22.3 Å². The van der Waals surface area contributed by atoms with Crippen LogP contribution in [0.1, 0.15) is 11.4 Å². The molecular weight excluding hydrogens is 428 g/mol. The predicted octanol–water partition coefficient (Wildman–Crippen LogP) is 5.27. The number of anilines is 1. The third kappa shape index (κ3) is 5.16. The topological polar surface area (TPSA) is 51.0 Å². The van der Waals surface area contributed by atoms with E-state index >= 15 is 0 Å². The van der Waals surface area contributed by atoms with Gasteiger partial charge in [0.1, 0.15) is 5.82 Å². The van der Waals surface area contributed by atoms with Gasteiger partial charge in [-0.3, -0.25) is 9.36 Å². The lowest BCUT2D eigenvalue weighted by Crippen LogP contribution is -2.27. The van der Waals surface area contributed by atoms with Crippen molar-refractivity contribution in [2.24, 2.45) is 0 Å². The average Bonchev–Trinajstić information content (AvgIpc) is 3.21. The maximum Gasteiger partial charge on any atom is 0.237 e. The molecule has 4 aromatic rings. The highest BCUT2D eigenvalue weighted by Gasteiger charge is 2.18. The summed E-state index contributed by atoms with van der Waals surface area (Å²) in [7, 11) is 1.78. The molecule has 0 unspecified atom stereocenters. The van der Waals surface area contributed by atoms with E-state index in [4.69, 9.17) is 11.6 Å². The lowest BCUT2D eigenvalue weighted by molar-refractivity contribution is -0.115. The molecule has 0 aliphatic rings. The second-order valence-corrected chi connectivity index (χ2v) is 8.33. The van der Waals surface area contributed by atoms with Gasteiger partial charge in [0.2, 0.25) is 5.91 Å². The Kier molecular flexibility index (Phi) is 6.70. The van der Waals surface area contributed by atoms with Gasteiger partial charge in [-0.25, -0.2) is 0 Å². The van der Waals surface area contributed by atoms with Crippen molar-refractivity contribution < 1.29 is 4.79 Å². The van der Waals surface area contributed by atoms with E-state index in [9.17, 15) is 4.79 Å². The largest absolute Gasteiger partial charge is 0.315 e. The Labute approximate surface area is 190 Å². The fraction of sp³-hybridized carbons (Fsp3) is 0.125. The zero-order valence-electron chi connectivity index (χ0n) is 17.0. The van der Waals surface area contributed by atoms with Crippen LogP contribution in [-0.4, -0.2) is 33.5 Å². The van der Waals surface area contributed by atoms with Crippen LogP contribution in [0, 0.1) is 0 Å². The van der Waals surface area contributed by atoms with Gasteiger partial charge in [0.25, 0.3) is 0 Å². The zero-order valence-corrected chi connectivity index (χ0v) is 18.6. The molecule has 156 valence electrons. The van der Waals surface area contributed by atoms with Crippen molar-refractivity contribution >= 4 is 35.0 Å². The summed E-state index contributed by atoms with van der Waals surface area (Å²) in [5, 5.41) is 10.1. The highest BCUT2D eigenvalue weighted by atomic mass is 35.5. The number of amides is 1. The van der Waals surface area contributed by atoms with Crippen LogP contribution in [0.2, 0.25) is 5.02 Å². The maximum atomic E-state index is 12.7. The summed E-state index contributed by atoms with van der Waals surface area (Å²) in [6, 6.07) is 27.3. The molecule has 0 fully saturated rings. The minimum Gasteiger partial charge on any atom is -0.315 e. The molecule has 5 nitrogen and oxygen atoms in total. The molecule has 0 N–H and O–H groups in total. The van der Waals surface area contributed by atoms with E-state index in [1.807, 2.05) is 77.4 Å². The number of carbonyl (C=O) groups is 1. The number of thioether (sulfide) groups is 1. The highest BCUT2D eigenvalue weighted by Crippen LogP contribution is 2.25. The summed E-state index contributed by atoms with van der Waals surface area (Å²) in [6.45, 7) is 0. The lowest BCUT2D eigenvalue weighted by atomic mass is 10.1. The highest BCUT2D eigenvalue weighted by molar-refractivity contribution is 7.99. The second kappa shape index (κ2) is 9.81. The maximum absolute atomic E-state index is 12.7. The molecule has 0 aliphatic carbocycles. The van der Waals surface area contributed by atoms with Crippen molar-refractivity contribution in [3.05, 3.63) is 101 Å². The van der Waals surface area contributed by atoms with Crippen LogP contribution in [0.4, 0.5) is 5.69 Å². The second-order valence-electron chi connectivity index (χ2n) is 6.95. The Morgan fingerprint density at radius 2 is 1.58 bits per heavy atom. The third-order valence-corrected chi connectivity index (χ3v) is 6.00. The Bertz CT molecular complexity index is 1150. The van der Waals surface area contributed by atoms with Gasteiger partial charge in [0, 0.05) is 29.9 Å². The zero-order chi connectivity index (χ0) is 21.6. The van der Waals surface area contributed by atoms with Crippen LogP contribution in [-0.2, 0) is 11.2 Å². The smallest absolute Gasteiger partial charge is 0.237 e. The van der Waals surface area contributed by atoms with Gasteiger partial charge in [-0.15, -0.1) is 10.2 Å². The van der Waals surface area contributed by atoms with Crippen LogP contribution in [0.15, 0.2) is 90.1 Å². The van der Waals surface area contributed by atoms with Crippen LogP contribution in [0.25, 0.3) is 5.69 Å². The van der Waals surface area contributed by atoms with Crippen LogP contribution >= 0.6 is 23.4 Å². The Morgan fingerprint density at radius 1 is 0.935 bits per heavy atom. The number of aromatic nitrogens is 3. The summed E-state index contributed by atoms with van der Waals surface area (Å²) >= 11 is 7.46. The molecule has 0 atom stereocenters. The van der Waals surface area contributed by atoms with Crippen molar-refractivity contribution in [2.75, 3.05) is 17.7 Å². The standard InChI is InChI=1S/C24H21ClN4OS/c1-28(20-10-6-3-7-11-20)23(30)17-31-24-27-26-22(16-18-8-4-2-5-9-18)29(24)21-14-12-19(25)13-15-21/h2-15H,16-17H2,1H3. The first-order chi connectivity index (χ1) is 15.1. The van der Waals surface area contributed by atoms with E-state index in [0.717, 1.165) is 22.8 Å². The summed E-state index contributed by atoms with van der Waals surface area (Å²) in [5.41, 5.74) is 2.91. The minimum atomic E-state index is -0.00790. The van der Waals surface area contributed by atoms with E-state index < -0.39 is 0 Å². The quantitative estimate of drug-likeness (QED) is 0.361. The number of para-hydroxylation sites is 1. The summed E-state index contributed by atoms with van der Waals surface area (Å²) in [6.07, 6.45) is 0.634. The molecule has 0 radical (unpaired) electrons. The predicted molar refractivity (Wildman–Crippen MR) is 126 cm³/mol. The minimum absolute atomic E-state index is 0.00790. The molecule has 7 heteroatoms. The monoisotopic (exact) mass is 448 g/mol. The first-order valence-electron chi connectivity index (χ1n) is 9.80. The normalized spacial score (nSPS) is 10.8. The van der Waals surface area contributed by atoms with Gasteiger partial charge in [0.15, 0.2) is 5.16 Å². The number of hydrogen-bond acceptors (Lipinski definition) is 4. The Hall–Kier alpha value is -3.09. The van der Waals surface area contributed by atoms with Crippen molar-refractivity contribution in [3.63, 3.8) is 0 Å². The average molecular weight is 449 g/mol. The molecule has 4 rings (SSSR count). The van der Waals surface area contributed by atoms with Gasteiger partial charge >= 0.3 is 0 Å². The van der Waals surface area contributed by atoms with Gasteiger partial charge < -0.3 is 4.90 Å². The fourth-order valence-electron chi connectivity index (χ4n) is 3.15. The van der Waals surface area contributed by atoms with Crippen molar-refractivity contribution in [1.29, 1.82) is 0 Å². The van der Waals surface area contributed by atoms with E-state index in [1.165, 1.54) is 11.8 Å². The van der Waals surface area contributed by atoms with Gasteiger partial charge in [-0.05, 0) is 42.0 Å². The Balaban J connectivity index is 1.58. The Morgan fingerprint density at radius 3 is 2.26 bits per heavy atom. The van der Waals surface area contributed by atoms with Crippen molar-refractivity contribution in [2.45, 2.75) is 11.6 Å². The van der Waals surface area contributed by atoms with Gasteiger partial charge in [-0.2, -0.15) is 0 Å².